The Labute approximate surface area is 186 Å². The first-order valence-corrected chi connectivity index (χ1v) is 11.9. The second kappa shape index (κ2) is 10.8. The van der Waals surface area contributed by atoms with Crippen LogP contribution in [0.3, 0.4) is 0 Å². The first kappa shape index (κ1) is 21.9. The summed E-state index contributed by atoms with van der Waals surface area (Å²) in [7, 11) is 1.83. The molecule has 0 radical (unpaired) electrons. The highest BCUT2D eigenvalue weighted by molar-refractivity contribution is 5.79. The normalized spacial score (nSPS) is 19.5. The third-order valence-electron chi connectivity index (χ3n) is 6.68. The molecule has 6 heteroatoms. The van der Waals surface area contributed by atoms with E-state index in [1.807, 2.05) is 19.2 Å². The third kappa shape index (κ3) is 6.33. The molecule has 0 atom stereocenters. The van der Waals surface area contributed by atoms with Crippen molar-refractivity contribution < 1.29 is 4.42 Å². The predicted octanol–water partition coefficient (Wildman–Crippen LogP) is 4.36. The number of aryl methyl sites for hydroxylation is 1. The van der Waals surface area contributed by atoms with Crippen LogP contribution in [0, 0.1) is 12.8 Å². The summed E-state index contributed by atoms with van der Waals surface area (Å²) in [4.78, 5) is 11.7. The molecule has 1 aromatic carbocycles. The van der Waals surface area contributed by atoms with Gasteiger partial charge in [0.2, 0.25) is 5.89 Å². The maximum Gasteiger partial charge on any atom is 0.226 e. The van der Waals surface area contributed by atoms with Crippen molar-refractivity contribution in [2.75, 3.05) is 26.7 Å². The quantitative estimate of drug-likeness (QED) is 0.534. The van der Waals surface area contributed by atoms with Crippen LogP contribution in [0.25, 0.3) is 11.5 Å². The number of hydrogen-bond acceptors (Lipinski definition) is 4. The lowest BCUT2D eigenvalue weighted by Crippen LogP contribution is -2.49. The maximum atomic E-state index is 5.66. The summed E-state index contributed by atoms with van der Waals surface area (Å²) in [5, 5.41) is 6.99. The molecule has 2 aromatic rings. The van der Waals surface area contributed by atoms with Crippen molar-refractivity contribution in [3.05, 3.63) is 41.8 Å². The van der Waals surface area contributed by atoms with E-state index in [1.54, 1.807) is 6.26 Å². The van der Waals surface area contributed by atoms with Crippen LogP contribution in [-0.4, -0.2) is 48.6 Å². The minimum atomic E-state index is 0.481. The Morgan fingerprint density at radius 1 is 1.10 bits per heavy atom. The van der Waals surface area contributed by atoms with Gasteiger partial charge in [-0.2, -0.15) is 0 Å². The van der Waals surface area contributed by atoms with E-state index in [2.05, 4.69) is 44.6 Å². The standard InChI is InChI=1S/C25H37N5O/c1-19-8-10-21(11-9-19)24-28-23(18-31-24)16-27-25(26-2)29-22-12-14-30(15-13-22)17-20-6-4-3-5-7-20/h8-11,18,20,22H,3-7,12-17H2,1-2H3,(H2,26,27,29). The van der Waals surface area contributed by atoms with Crippen LogP contribution in [0.15, 0.2) is 39.9 Å². The molecule has 0 amide bonds. The van der Waals surface area contributed by atoms with Crippen LogP contribution in [0.5, 0.6) is 0 Å². The van der Waals surface area contributed by atoms with Crippen LogP contribution < -0.4 is 10.6 Å². The highest BCUT2D eigenvalue weighted by Crippen LogP contribution is 2.25. The van der Waals surface area contributed by atoms with Crippen molar-refractivity contribution in [3.8, 4) is 11.5 Å². The van der Waals surface area contributed by atoms with Crippen molar-refractivity contribution in [2.45, 2.75) is 64.5 Å². The van der Waals surface area contributed by atoms with Gasteiger partial charge in [0, 0.05) is 38.3 Å². The van der Waals surface area contributed by atoms with E-state index in [1.165, 1.54) is 70.1 Å². The smallest absolute Gasteiger partial charge is 0.226 e. The molecule has 1 saturated heterocycles. The largest absolute Gasteiger partial charge is 0.444 e. The van der Waals surface area contributed by atoms with E-state index in [-0.39, 0.29) is 0 Å². The van der Waals surface area contributed by atoms with Crippen molar-refractivity contribution in [1.29, 1.82) is 0 Å². The van der Waals surface area contributed by atoms with Crippen LogP contribution in [0.4, 0.5) is 0 Å². The number of nitrogens with zero attached hydrogens (tertiary/aromatic N) is 3. The Hall–Kier alpha value is -2.34. The highest BCUT2D eigenvalue weighted by Gasteiger charge is 2.23. The van der Waals surface area contributed by atoms with E-state index >= 15 is 0 Å². The number of guanidine groups is 1. The van der Waals surface area contributed by atoms with Crippen LogP contribution in [-0.2, 0) is 6.54 Å². The molecule has 31 heavy (non-hydrogen) atoms. The Morgan fingerprint density at radius 3 is 2.55 bits per heavy atom. The molecule has 1 aliphatic carbocycles. The van der Waals surface area contributed by atoms with Crippen LogP contribution in [0.2, 0.25) is 0 Å². The molecule has 6 nitrogen and oxygen atoms in total. The first-order valence-electron chi connectivity index (χ1n) is 11.9. The Kier molecular flexibility index (Phi) is 7.62. The molecule has 2 fully saturated rings. The number of aliphatic imine (C=N–C) groups is 1. The molecular formula is C25H37N5O. The first-order chi connectivity index (χ1) is 15.2. The van der Waals surface area contributed by atoms with Gasteiger partial charge in [-0.15, -0.1) is 0 Å². The number of piperidine rings is 1. The Bertz CT molecular complexity index is 830. The zero-order chi connectivity index (χ0) is 21.5. The molecule has 4 rings (SSSR count). The zero-order valence-corrected chi connectivity index (χ0v) is 19.1. The average Bonchev–Trinajstić information content (AvgIpc) is 3.28. The van der Waals surface area contributed by atoms with E-state index in [4.69, 9.17) is 4.42 Å². The molecule has 168 valence electrons. The number of likely N-dealkylation sites (tertiary alicyclic amines) is 1. The third-order valence-corrected chi connectivity index (χ3v) is 6.68. The maximum absolute atomic E-state index is 5.66. The zero-order valence-electron chi connectivity index (χ0n) is 19.1. The fourth-order valence-electron chi connectivity index (χ4n) is 4.77. The lowest BCUT2D eigenvalue weighted by Gasteiger charge is -2.36. The van der Waals surface area contributed by atoms with Crippen LogP contribution >= 0.6 is 0 Å². The molecule has 0 unspecified atom stereocenters. The summed E-state index contributed by atoms with van der Waals surface area (Å²) in [5.41, 5.74) is 3.10. The van der Waals surface area contributed by atoms with Crippen molar-refractivity contribution in [3.63, 3.8) is 0 Å². The molecule has 2 N–H and O–H groups in total. The summed E-state index contributed by atoms with van der Waals surface area (Å²) in [6.07, 6.45) is 11.2. The molecule has 1 saturated carbocycles. The van der Waals surface area contributed by atoms with Gasteiger partial charge < -0.3 is 20.0 Å². The van der Waals surface area contributed by atoms with E-state index in [0.29, 0.717) is 18.5 Å². The SMILES string of the molecule is CN=C(NCc1coc(-c2ccc(C)cc2)n1)NC1CCN(CC2CCCCC2)CC1. The number of benzene rings is 1. The van der Waals surface area contributed by atoms with Gasteiger partial charge in [-0.3, -0.25) is 4.99 Å². The van der Waals surface area contributed by atoms with Gasteiger partial charge in [-0.25, -0.2) is 4.98 Å². The van der Waals surface area contributed by atoms with Crippen molar-refractivity contribution >= 4 is 5.96 Å². The van der Waals surface area contributed by atoms with Crippen LogP contribution in [0.1, 0.15) is 56.2 Å². The summed E-state index contributed by atoms with van der Waals surface area (Å²) in [6, 6.07) is 8.71. The average molecular weight is 424 g/mol. The minimum absolute atomic E-state index is 0.481. The lowest BCUT2D eigenvalue weighted by molar-refractivity contribution is 0.160. The van der Waals surface area contributed by atoms with Crippen molar-refractivity contribution in [1.82, 2.24) is 20.5 Å². The number of aromatic nitrogens is 1. The molecular weight excluding hydrogens is 386 g/mol. The number of oxazole rings is 1. The molecule has 0 spiro atoms. The monoisotopic (exact) mass is 423 g/mol. The molecule has 1 aromatic heterocycles. The van der Waals surface area contributed by atoms with Gasteiger partial charge in [-0.1, -0.05) is 37.0 Å². The summed E-state index contributed by atoms with van der Waals surface area (Å²) in [6.45, 7) is 6.35. The summed E-state index contributed by atoms with van der Waals surface area (Å²) < 4.78 is 5.66. The van der Waals surface area contributed by atoms with Gasteiger partial charge in [0.15, 0.2) is 5.96 Å². The number of nitrogens with one attached hydrogen (secondary N) is 2. The predicted molar refractivity (Wildman–Crippen MR) is 126 cm³/mol. The molecule has 0 bridgehead atoms. The molecule has 1 aliphatic heterocycles. The minimum Gasteiger partial charge on any atom is -0.444 e. The van der Waals surface area contributed by atoms with Crippen molar-refractivity contribution in [2.24, 2.45) is 10.9 Å². The summed E-state index contributed by atoms with van der Waals surface area (Å²) in [5.74, 6) is 2.43. The van der Waals surface area contributed by atoms with Gasteiger partial charge in [-0.05, 0) is 50.7 Å². The van der Waals surface area contributed by atoms with Gasteiger partial charge in [0.05, 0.1) is 12.2 Å². The topological polar surface area (TPSA) is 65.7 Å². The van der Waals surface area contributed by atoms with Gasteiger partial charge in [0.1, 0.15) is 6.26 Å². The number of hydrogen-bond donors (Lipinski definition) is 2. The summed E-state index contributed by atoms with van der Waals surface area (Å²) >= 11 is 0. The second-order valence-electron chi connectivity index (χ2n) is 9.16. The van der Waals surface area contributed by atoms with E-state index in [0.717, 1.165) is 23.1 Å². The van der Waals surface area contributed by atoms with E-state index in [9.17, 15) is 0 Å². The van der Waals surface area contributed by atoms with E-state index < -0.39 is 0 Å². The lowest BCUT2D eigenvalue weighted by atomic mass is 9.88. The fourth-order valence-corrected chi connectivity index (χ4v) is 4.77. The van der Waals surface area contributed by atoms with Gasteiger partial charge in [0.25, 0.3) is 0 Å². The molecule has 2 heterocycles. The Morgan fingerprint density at radius 2 is 1.84 bits per heavy atom. The number of rotatable bonds is 6. The molecule has 2 aliphatic rings. The van der Waals surface area contributed by atoms with Gasteiger partial charge >= 0.3 is 0 Å². The highest BCUT2D eigenvalue weighted by atomic mass is 16.3. The fraction of sp³-hybridized carbons (Fsp3) is 0.600. The second-order valence-corrected chi connectivity index (χ2v) is 9.16. The Balaban J connectivity index is 1.20.